The molecule has 0 saturated carbocycles. The number of unbranched alkanes of at least 4 members (excludes halogenated alkanes) is 11. The molecule has 0 aromatic rings. The Morgan fingerprint density at radius 3 is 1.56 bits per heavy atom. The number of esters is 1. The van der Waals surface area contributed by atoms with Crippen LogP contribution < -0.4 is 0 Å². The van der Waals surface area contributed by atoms with E-state index in [1.54, 1.807) is 0 Å². The molecule has 0 spiro atoms. The van der Waals surface area contributed by atoms with Crippen molar-refractivity contribution in [2.45, 2.75) is 130 Å². The predicted octanol–water partition coefficient (Wildman–Crippen LogP) is 7.84. The molecule has 0 saturated heterocycles. The highest BCUT2D eigenvalue weighted by Gasteiger charge is 2.12. The van der Waals surface area contributed by atoms with Gasteiger partial charge in [0.25, 0.3) is 0 Å². The van der Waals surface area contributed by atoms with Crippen molar-refractivity contribution in [3.05, 3.63) is 0 Å². The zero-order valence-electron chi connectivity index (χ0n) is 17.6. The Balaban J connectivity index is 3.93. The largest absolute Gasteiger partial charge is 0.465 e. The second kappa shape index (κ2) is 19.8. The topological polar surface area (TPSA) is 26.3 Å². The van der Waals surface area contributed by atoms with Crippen LogP contribution in [0.1, 0.15) is 130 Å². The van der Waals surface area contributed by atoms with E-state index < -0.39 is 0 Å². The Kier molecular flexibility index (Phi) is 19.4. The van der Waals surface area contributed by atoms with E-state index in [1.165, 1.54) is 89.9 Å². The van der Waals surface area contributed by atoms with Gasteiger partial charge in [-0.3, -0.25) is 4.79 Å². The van der Waals surface area contributed by atoms with Crippen LogP contribution in [0.15, 0.2) is 0 Å². The van der Waals surface area contributed by atoms with Crippen molar-refractivity contribution in [2.24, 2.45) is 5.92 Å². The van der Waals surface area contributed by atoms with Crippen LogP contribution >= 0.6 is 0 Å². The van der Waals surface area contributed by atoms with Gasteiger partial charge in [-0.25, -0.2) is 0 Å². The SMILES string of the molecule is CCCCCCCCC(CCCCCCCC)COC(=O)CCCC. The quantitative estimate of drug-likeness (QED) is 0.174. The molecule has 0 aliphatic carbocycles. The molecule has 2 nitrogen and oxygen atoms in total. The van der Waals surface area contributed by atoms with Gasteiger partial charge in [0.15, 0.2) is 0 Å². The maximum atomic E-state index is 11.8. The Labute approximate surface area is 158 Å². The first-order valence-corrected chi connectivity index (χ1v) is 11.4. The molecule has 25 heavy (non-hydrogen) atoms. The normalized spacial score (nSPS) is 11.2. The average molecular weight is 355 g/mol. The molecule has 150 valence electrons. The van der Waals surface area contributed by atoms with Gasteiger partial charge in [0, 0.05) is 6.42 Å². The van der Waals surface area contributed by atoms with Gasteiger partial charge in [-0.05, 0) is 25.2 Å². The zero-order chi connectivity index (χ0) is 18.6. The lowest BCUT2D eigenvalue weighted by Crippen LogP contribution is -2.14. The molecular weight excluding hydrogens is 308 g/mol. The van der Waals surface area contributed by atoms with Crippen molar-refractivity contribution >= 4 is 5.97 Å². The highest BCUT2D eigenvalue weighted by Crippen LogP contribution is 2.20. The maximum Gasteiger partial charge on any atom is 0.305 e. The molecule has 0 bridgehead atoms. The zero-order valence-corrected chi connectivity index (χ0v) is 17.6. The molecule has 0 unspecified atom stereocenters. The minimum absolute atomic E-state index is 0.0118. The second-order valence-electron chi connectivity index (χ2n) is 7.77. The predicted molar refractivity (Wildman–Crippen MR) is 110 cm³/mol. The van der Waals surface area contributed by atoms with Crippen molar-refractivity contribution in [3.8, 4) is 0 Å². The molecule has 0 N–H and O–H groups in total. The van der Waals surface area contributed by atoms with Crippen molar-refractivity contribution in [3.63, 3.8) is 0 Å². The Hall–Kier alpha value is -0.530. The van der Waals surface area contributed by atoms with Crippen LogP contribution in [0.5, 0.6) is 0 Å². The summed E-state index contributed by atoms with van der Waals surface area (Å²) in [4.78, 5) is 11.8. The first-order chi connectivity index (χ1) is 12.2. The number of carbonyl (C=O) groups is 1. The maximum absolute atomic E-state index is 11.8. The number of hydrogen-bond donors (Lipinski definition) is 0. The van der Waals surface area contributed by atoms with Crippen LogP contribution in [-0.4, -0.2) is 12.6 Å². The van der Waals surface area contributed by atoms with Gasteiger partial charge in [0.1, 0.15) is 0 Å². The molecule has 0 aromatic carbocycles. The fourth-order valence-corrected chi connectivity index (χ4v) is 3.34. The number of carbonyl (C=O) groups excluding carboxylic acids is 1. The van der Waals surface area contributed by atoms with Gasteiger partial charge >= 0.3 is 5.97 Å². The minimum Gasteiger partial charge on any atom is -0.465 e. The summed E-state index contributed by atoms with van der Waals surface area (Å²) in [5.74, 6) is 0.598. The van der Waals surface area contributed by atoms with E-state index in [0.717, 1.165) is 12.8 Å². The molecule has 0 atom stereocenters. The first-order valence-electron chi connectivity index (χ1n) is 11.4. The fraction of sp³-hybridized carbons (Fsp3) is 0.957. The summed E-state index contributed by atoms with van der Waals surface area (Å²) in [6.45, 7) is 7.31. The van der Waals surface area contributed by atoms with Crippen LogP contribution in [0, 0.1) is 5.92 Å². The summed E-state index contributed by atoms with van der Waals surface area (Å²) in [6, 6.07) is 0. The highest BCUT2D eigenvalue weighted by atomic mass is 16.5. The van der Waals surface area contributed by atoms with Gasteiger partial charge in [0.2, 0.25) is 0 Å². The Bertz CT molecular complexity index is 259. The van der Waals surface area contributed by atoms with Crippen molar-refractivity contribution in [1.29, 1.82) is 0 Å². The third-order valence-corrected chi connectivity index (χ3v) is 5.15. The summed E-state index contributed by atoms with van der Waals surface area (Å²) in [5.41, 5.74) is 0. The minimum atomic E-state index is 0.0118. The summed E-state index contributed by atoms with van der Waals surface area (Å²) in [7, 11) is 0. The monoisotopic (exact) mass is 354 g/mol. The lowest BCUT2D eigenvalue weighted by molar-refractivity contribution is -0.145. The highest BCUT2D eigenvalue weighted by molar-refractivity contribution is 5.69. The molecule has 0 aliphatic heterocycles. The summed E-state index contributed by atoms with van der Waals surface area (Å²) in [6.07, 6.45) is 21.3. The standard InChI is InChI=1S/C23H46O2/c1-4-7-10-12-14-16-18-22(19-17-15-13-11-8-5-2)21-25-23(24)20-9-6-3/h22H,4-21H2,1-3H3. The smallest absolute Gasteiger partial charge is 0.305 e. The summed E-state index contributed by atoms with van der Waals surface area (Å²) >= 11 is 0. The Morgan fingerprint density at radius 1 is 0.640 bits per heavy atom. The van der Waals surface area contributed by atoms with Crippen molar-refractivity contribution in [1.82, 2.24) is 0 Å². The van der Waals surface area contributed by atoms with Crippen molar-refractivity contribution < 1.29 is 9.53 Å². The lowest BCUT2D eigenvalue weighted by Gasteiger charge is -2.17. The molecule has 0 aromatic heterocycles. The van der Waals surface area contributed by atoms with Crippen LogP contribution in [0.3, 0.4) is 0 Å². The summed E-state index contributed by atoms with van der Waals surface area (Å²) in [5, 5.41) is 0. The number of ether oxygens (including phenoxy) is 1. The van der Waals surface area contributed by atoms with Crippen LogP contribution in [0.25, 0.3) is 0 Å². The molecule has 0 radical (unpaired) electrons. The van der Waals surface area contributed by atoms with Gasteiger partial charge < -0.3 is 4.74 Å². The van der Waals surface area contributed by atoms with Gasteiger partial charge in [-0.15, -0.1) is 0 Å². The van der Waals surface area contributed by atoms with Crippen molar-refractivity contribution in [2.75, 3.05) is 6.61 Å². The molecule has 0 fully saturated rings. The third kappa shape index (κ3) is 18.1. The van der Waals surface area contributed by atoms with E-state index in [1.807, 2.05) is 0 Å². The van der Waals surface area contributed by atoms with Crippen LogP contribution in [-0.2, 0) is 9.53 Å². The second-order valence-corrected chi connectivity index (χ2v) is 7.77. The Morgan fingerprint density at radius 2 is 1.08 bits per heavy atom. The van der Waals surface area contributed by atoms with Crippen LogP contribution in [0.2, 0.25) is 0 Å². The third-order valence-electron chi connectivity index (χ3n) is 5.15. The molecule has 0 aliphatic rings. The van der Waals surface area contributed by atoms with E-state index in [9.17, 15) is 4.79 Å². The van der Waals surface area contributed by atoms with Gasteiger partial charge in [-0.1, -0.05) is 104 Å². The van der Waals surface area contributed by atoms with Crippen LogP contribution in [0.4, 0.5) is 0 Å². The van der Waals surface area contributed by atoms with E-state index in [4.69, 9.17) is 4.74 Å². The van der Waals surface area contributed by atoms with Gasteiger partial charge in [-0.2, -0.15) is 0 Å². The molecular formula is C23H46O2. The first kappa shape index (κ1) is 24.5. The van der Waals surface area contributed by atoms with Gasteiger partial charge in [0.05, 0.1) is 6.61 Å². The fourth-order valence-electron chi connectivity index (χ4n) is 3.34. The lowest BCUT2D eigenvalue weighted by atomic mass is 9.94. The molecule has 2 heteroatoms. The van der Waals surface area contributed by atoms with E-state index >= 15 is 0 Å². The van der Waals surface area contributed by atoms with E-state index in [2.05, 4.69) is 20.8 Å². The van der Waals surface area contributed by atoms with E-state index in [0.29, 0.717) is 18.9 Å². The molecule has 0 heterocycles. The number of rotatable bonds is 19. The molecule has 0 rings (SSSR count). The number of hydrogen-bond acceptors (Lipinski definition) is 2. The van der Waals surface area contributed by atoms with E-state index in [-0.39, 0.29) is 5.97 Å². The molecule has 0 amide bonds. The summed E-state index contributed by atoms with van der Waals surface area (Å²) < 4.78 is 5.56. The average Bonchev–Trinajstić information content (AvgIpc) is 2.62.